The maximum absolute atomic E-state index is 12.7. The summed E-state index contributed by atoms with van der Waals surface area (Å²) in [6, 6.07) is 3.87. The standard InChI is InChI=1S/C14H20N2O4S/c1-10-6-7-11(9-12(10)15)21(18,19)16-8-4-3-5-13(16)14(17)20-2/h6-7,9,13H,3-5,8,15H2,1-2H3. The molecule has 1 aromatic carbocycles. The summed E-state index contributed by atoms with van der Waals surface area (Å²) in [4.78, 5) is 11.9. The Morgan fingerprint density at radius 3 is 2.71 bits per heavy atom. The van der Waals surface area contributed by atoms with Crippen molar-refractivity contribution in [2.75, 3.05) is 19.4 Å². The van der Waals surface area contributed by atoms with Crippen molar-refractivity contribution in [3.63, 3.8) is 0 Å². The molecule has 21 heavy (non-hydrogen) atoms. The highest BCUT2D eigenvalue weighted by molar-refractivity contribution is 7.89. The Labute approximate surface area is 124 Å². The molecule has 1 atom stereocenters. The molecule has 1 heterocycles. The van der Waals surface area contributed by atoms with Gasteiger partial charge in [-0.2, -0.15) is 4.31 Å². The molecule has 0 amide bonds. The molecule has 2 rings (SSSR count). The minimum absolute atomic E-state index is 0.112. The maximum Gasteiger partial charge on any atom is 0.324 e. The average molecular weight is 312 g/mol. The van der Waals surface area contributed by atoms with Gasteiger partial charge in [0, 0.05) is 12.2 Å². The van der Waals surface area contributed by atoms with Gasteiger partial charge in [-0.1, -0.05) is 6.07 Å². The smallest absolute Gasteiger partial charge is 0.324 e. The summed E-state index contributed by atoms with van der Waals surface area (Å²) < 4.78 is 31.4. The summed E-state index contributed by atoms with van der Waals surface area (Å²) in [6.07, 6.45) is 2.02. The molecule has 0 aliphatic carbocycles. The average Bonchev–Trinajstić information content (AvgIpc) is 2.49. The van der Waals surface area contributed by atoms with Gasteiger partial charge in [-0.3, -0.25) is 4.79 Å². The number of methoxy groups -OCH3 is 1. The first-order valence-corrected chi connectivity index (χ1v) is 8.27. The van der Waals surface area contributed by atoms with Gasteiger partial charge < -0.3 is 10.5 Å². The molecule has 0 aromatic heterocycles. The molecule has 0 bridgehead atoms. The third kappa shape index (κ3) is 3.03. The van der Waals surface area contributed by atoms with E-state index in [1.807, 2.05) is 6.92 Å². The van der Waals surface area contributed by atoms with Crippen molar-refractivity contribution < 1.29 is 17.9 Å². The fourth-order valence-electron chi connectivity index (χ4n) is 2.48. The zero-order valence-corrected chi connectivity index (χ0v) is 13.0. The Morgan fingerprint density at radius 1 is 1.38 bits per heavy atom. The van der Waals surface area contributed by atoms with Crippen LogP contribution in [0.2, 0.25) is 0 Å². The first kappa shape index (κ1) is 15.8. The van der Waals surface area contributed by atoms with Crippen molar-refractivity contribution in [3.05, 3.63) is 23.8 Å². The van der Waals surface area contributed by atoms with E-state index in [9.17, 15) is 13.2 Å². The first-order valence-electron chi connectivity index (χ1n) is 6.83. The lowest BCUT2D eigenvalue weighted by atomic mass is 10.1. The van der Waals surface area contributed by atoms with Crippen LogP contribution in [0.4, 0.5) is 5.69 Å². The number of carbonyl (C=O) groups excluding carboxylic acids is 1. The third-order valence-corrected chi connectivity index (χ3v) is 5.69. The molecule has 0 radical (unpaired) electrons. The van der Waals surface area contributed by atoms with Gasteiger partial charge in [-0.05, 0) is 43.9 Å². The van der Waals surface area contributed by atoms with Crippen LogP contribution in [0.1, 0.15) is 24.8 Å². The summed E-state index contributed by atoms with van der Waals surface area (Å²) >= 11 is 0. The lowest BCUT2D eigenvalue weighted by Gasteiger charge is -2.32. The number of hydrogen-bond acceptors (Lipinski definition) is 5. The highest BCUT2D eigenvalue weighted by Crippen LogP contribution is 2.27. The first-order chi connectivity index (χ1) is 9.87. The summed E-state index contributed by atoms with van der Waals surface area (Å²) in [5.41, 5.74) is 7.03. The number of carbonyl (C=O) groups is 1. The SMILES string of the molecule is COC(=O)C1CCCCN1S(=O)(=O)c1ccc(C)c(N)c1. The van der Waals surface area contributed by atoms with Crippen molar-refractivity contribution in [1.82, 2.24) is 4.31 Å². The molecule has 1 aliphatic heterocycles. The van der Waals surface area contributed by atoms with Crippen molar-refractivity contribution in [2.45, 2.75) is 37.1 Å². The van der Waals surface area contributed by atoms with Gasteiger partial charge in [0.15, 0.2) is 0 Å². The van der Waals surface area contributed by atoms with Gasteiger partial charge in [0.1, 0.15) is 6.04 Å². The van der Waals surface area contributed by atoms with Gasteiger partial charge >= 0.3 is 5.97 Å². The van der Waals surface area contributed by atoms with E-state index in [0.29, 0.717) is 18.7 Å². The molecule has 1 fully saturated rings. The number of aryl methyl sites for hydroxylation is 1. The third-order valence-electron chi connectivity index (χ3n) is 3.78. The Kier molecular flexibility index (Phi) is 4.53. The van der Waals surface area contributed by atoms with Crippen LogP contribution in [-0.4, -0.2) is 38.4 Å². The van der Waals surface area contributed by atoms with Gasteiger partial charge in [-0.25, -0.2) is 8.42 Å². The Hall–Kier alpha value is -1.60. The molecule has 1 aromatic rings. The largest absolute Gasteiger partial charge is 0.468 e. The number of hydrogen-bond donors (Lipinski definition) is 1. The number of ether oxygens (including phenoxy) is 1. The molecular formula is C14H20N2O4S. The zero-order valence-electron chi connectivity index (χ0n) is 12.2. The number of anilines is 1. The van der Waals surface area contributed by atoms with E-state index in [-0.39, 0.29) is 4.90 Å². The fraction of sp³-hybridized carbons (Fsp3) is 0.500. The van der Waals surface area contributed by atoms with Crippen LogP contribution >= 0.6 is 0 Å². The van der Waals surface area contributed by atoms with Crippen LogP contribution in [0.25, 0.3) is 0 Å². The molecule has 2 N–H and O–H groups in total. The Balaban J connectivity index is 2.40. The topological polar surface area (TPSA) is 89.7 Å². The zero-order chi connectivity index (χ0) is 15.6. The normalized spacial score (nSPS) is 20.2. The number of esters is 1. The number of rotatable bonds is 3. The summed E-state index contributed by atoms with van der Waals surface area (Å²) in [5.74, 6) is -0.515. The Morgan fingerprint density at radius 2 is 2.10 bits per heavy atom. The molecule has 6 nitrogen and oxygen atoms in total. The number of nitrogens with two attached hydrogens (primary N) is 1. The molecule has 0 saturated carbocycles. The highest BCUT2D eigenvalue weighted by Gasteiger charge is 2.38. The maximum atomic E-state index is 12.7. The Bertz CT molecular complexity index is 642. The van der Waals surface area contributed by atoms with E-state index in [2.05, 4.69) is 0 Å². The molecule has 1 aliphatic rings. The molecule has 116 valence electrons. The second kappa shape index (κ2) is 6.03. The van der Waals surface area contributed by atoms with E-state index in [4.69, 9.17) is 10.5 Å². The van der Waals surface area contributed by atoms with Gasteiger partial charge in [0.2, 0.25) is 10.0 Å². The van der Waals surface area contributed by atoms with E-state index >= 15 is 0 Å². The predicted molar refractivity (Wildman–Crippen MR) is 79.1 cm³/mol. The quantitative estimate of drug-likeness (QED) is 0.671. The molecule has 1 saturated heterocycles. The molecule has 7 heteroatoms. The second-order valence-electron chi connectivity index (χ2n) is 5.17. The van der Waals surface area contributed by atoms with Crippen LogP contribution in [0.5, 0.6) is 0 Å². The van der Waals surface area contributed by atoms with Crippen LogP contribution in [0, 0.1) is 6.92 Å². The lowest BCUT2D eigenvalue weighted by Crippen LogP contribution is -2.48. The van der Waals surface area contributed by atoms with Crippen molar-refractivity contribution in [1.29, 1.82) is 0 Å². The van der Waals surface area contributed by atoms with Crippen LogP contribution < -0.4 is 5.73 Å². The lowest BCUT2D eigenvalue weighted by molar-refractivity contribution is -0.146. The van der Waals surface area contributed by atoms with E-state index in [0.717, 1.165) is 18.4 Å². The van der Waals surface area contributed by atoms with Crippen LogP contribution in [0.3, 0.4) is 0 Å². The van der Waals surface area contributed by atoms with Gasteiger partial charge in [-0.15, -0.1) is 0 Å². The van der Waals surface area contributed by atoms with Gasteiger partial charge in [0.05, 0.1) is 12.0 Å². The van der Waals surface area contributed by atoms with E-state index in [1.165, 1.54) is 23.5 Å². The minimum atomic E-state index is -3.75. The number of piperidine rings is 1. The van der Waals surface area contributed by atoms with E-state index in [1.54, 1.807) is 6.07 Å². The molecular weight excluding hydrogens is 292 g/mol. The minimum Gasteiger partial charge on any atom is -0.468 e. The summed E-state index contributed by atoms with van der Waals surface area (Å²) in [7, 11) is -2.48. The summed E-state index contributed by atoms with van der Waals surface area (Å²) in [6.45, 7) is 2.12. The fourth-order valence-corrected chi connectivity index (χ4v) is 4.16. The second-order valence-corrected chi connectivity index (χ2v) is 7.06. The predicted octanol–water partition coefficient (Wildman–Crippen LogP) is 1.29. The van der Waals surface area contributed by atoms with Crippen molar-refractivity contribution in [2.24, 2.45) is 0 Å². The van der Waals surface area contributed by atoms with E-state index < -0.39 is 22.0 Å². The highest BCUT2D eigenvalue weighted by atomic mass is 32.2. The number of nitrogens with zero attached hydrogens (tertiary/aromatic N) is 1. The number of nitrogen functional groups attached to an aromatic ring is 1. The summed E-state index contributed by atoms with van der Waals surface area (Å²) in [5, 5.41) is 0. The monoisotopic (exact) mass is 312 g/mol. The number of sulfonamides is 1. The number of benzene rings is 1. The molecule has 1 unspecified atom stereocenters. The van der Waals surface area contributed by atoms with Crippen LogP contribution in [-0.2, 0) is 19.6 Å². The van der Waals surface area contributed by atoms with Crippen LogP contribution in [0.15, 0.2) is 23.1 Å². The van der Waals surface area contributed by atoms with Crippen molar-refractivity contribution >= 4 is 21.7 Å². The van der Waals surface area contributed by atoms with Gasteiger partial charge in [0.25, 0.3) is 0 Å². The van der Waals surface area contributed by atoms with Crippen molar-refractivity contribution in [3.8, 4) is 0 Å². The molecule has 0 spiro atoms.